The van der Waals surface area contributed by atoms with Crippen LogP contribution in [0, 0.1) is 11.6 Å². The summed E-state index contributed by atoms with van der Waals surface area (Å²) in [5.74, 6) is -3.29. The molecular weight excluding hydrogens is 1180 g/mol. The van der Waals surface area contributed by atoms with Crippen LogP contribution < -0.4 is 21.3 Å². The summed E-state index contributed by atoms with van der Waals surface area (Å²) in [4.78, 5) is 83.4. The Hall–Kier alpha value is -10.0. The molecule has 2 saturated carbocycles. The van der Waals surface area contributed by atoms with Crippen molar-refractivity contribution >= 4 is 109 Å². The standard InChI is InChI=1S/C33H28ClFN6O3.C18H17ClFNO.C16H14N4O3/c1-20(42)33-26-16-21(37-22-6-5-15-36-17-22)11-14-29(26)41(39-33)19-31(44)40(23-12-13-23)18-30(43)38-28-10-4-8-25(32(28)35)24-7-2-3-9-27(24)34;19-17-7-2-1-5-15(17)16-6-3-4-12(18(16)20)10-14(22)11-21-13-8-9-13;1-10(21)16-13-7-11(18-12-3-2-6-17-8-12)4-5-14(13)20(19-16)9-15(22)23/h2-11,14-17,23,37H,12-13,18-19H2,1H3,(H,38,43);1-7,13,21H,8-11H2;2-8,18H,9H2,1H3,(H,22,23). The number of carbonyl (C=O) groups excluding carboxylic acids is 5. The van der Waals surface area contributed by atoms with Gasteiger partial charge in [-0.1, -0.05) is 89.9 Å². The second-order valence-corrected chi connectivity index (χ2v) is 22.1. The first-order chi connectivity index (χ1) is 43.0. The molecule has 0 unspecified atom stereocenters. The SMILES string of the molecule is CC(=O)c1nn(CC(=O)N(CC(=O)Nc2cccc(-c3ccccc3Cl)c2F)C2CC2)c2ccc(Nc3cccnc3)cc12.CC(=O)c1nn(CC(=O)O)c2ccc(Nc3cccnc3)cc12.O=C(CNC1CC1)Cc1cccc(-c2ccccc2Cl)c1F. The normalized spacial score (nSPS) is 12.5. The molecule has 2 aliphatic rings. The van der Waals surface area contributed by atoms with Gasteiger partial charge in [-0.3, -0.25) is 48.1 Å². The van der Waals surface area contributed by atoms with Gasteiger partial charge in [0.1, 0.15) is 36.8 Å². The number of hydrogen-bond donors (Lipinski definition) is 5. The van der Waals surface area contributed by atoms with Crippen LogP contribution in [0.5, 0.6) is 0 Å². The van der Waals surface area contributed by atoms with E-state index in [1.807, 2.05) is 42.5 Å². The molecule has 89 heavy (non-hydrogen) atoms. The van der Waals surface area contributed by atoms with Crippen LogP contribution in [0.25, 0.3) is 44.1 Å². The Bertz CT molecular complexity index is 4290. The minimum atomic E-state index is -1.01. The summed E-state index contributed by atoms with van der Waals surface area (Å²) >= 11 is 12.4. The predicted molar refractivity (Wildman–Crippen MR) is 339 cm³/mol. The number of Topliss-reactive ketones (excluding diaryl/α,β-unsaturated/α-hetero) is 3. The van der Waals surface area contributed by atoms with E-state index in [2.05, 4.69) is 41.4 Å². The zero-order valence-electron chi connectivity index (χ0n) is 48.2. The maximum atomic E-state index is 15.4. The number of rotatable bonds is 21. The lowest BCUT2D eigenvalue weighted by molar-refractivity contribution is -0.138. The van der Waals surface area contributed by atoms with Gasteiger partial charge in [-0.15, -0.1) is 0 Å². The summed E-state index contributed by atoms with van der Waals surface area (Å²) in [5, 5.41) is 31.9. The number of aliphatic carboxylic acids is 1. The number of halogens is 4. The largest absolute Gasteiger partial charge is 0.480 e. The summed E-state index contributed by atoms with van der Waals surface area (Å²) < 4.78 is 32.9. The lowest BCUT2D eigenvalue weighted by Gasteiger charge is -2.22. The topological polar surface area (TPSA) is 235 Å². The fraction of sp³-hybridized carbons (Fsp3) is 0.194. The van der Waals surface area contributed by atoms with E-state index >= 15 is 4.39 Å². The summed E-state index contributed by atoms with van der Waals surface area (Å²) in [5.41, 5.74) is 7.08. The molecule has 4 heterocycles. The lowest BCUT2D eigenvalue weighted by atomic mass is 9.99. The van der Waals surface area contributed by atoms with E-state index in [-0.39, 0.29) is 83.8 Å². The Morgan fingerprint density at radius 2 is 1.11 bits per heavy atom. The maximum Gasteiger partial charge on any atom is 0.325 e. The molecule has 10 aromatic rings. The molecule has 12 rings (SSSR count). The zero-order valence-corrected chi connectivity index (χ0v) is 49.7. The Labute approximate surface area is 519 Å². The average molecular weight is 1240 g/mol. The van der Waals surface area contributed by atoms with Crippen molar-refractivity contribution in [3.63, 3.8) is 0 Å². The smallest absolute Gasteiger partial charge is 0.325 e. The second kappa shape index (κ2) is 28.2. The van der Waals surface area contributed by atoms with Crippen LogP contribution in [0.15, 0.2) is 170 Å². The zero-order chi connectivity index (χ0) is 62.7. The summed E-state index contributed by atoms with van der Waals surface area (Å²) in [7, 11) is 0. The quantitative estimate of drug-likeness (QED) is 0.0421. The number of pyridine rings is 2. The Balaban J connectivity index is 0.000000163. The van der Waals surface area contributed by atoms with Crippen molar-refractivity contribution in [3.8, 4) is 22.3 Å². The van der Waals surface area contributed by atoms with Crippen molar-refractivity contribution in [1.29, 1.82) is 0 Å². The number of benzene rings is 6. The molecular formula is C67H59Cl2F2N11O7. The number of anilines is 5. The third kappa shape index (κ3) is 15.8. The number of fused-ring (bicyclic) bond motifs is 2. The van der Waals surface area contributed by atoms with Crippen molar-refractivity contribution in [2.24, 2.45) is 0 Å². The van der Waals surface area contributed by atoms with Crippen LogP contribution in [0.2, 0.25) is 10.0 Å². The predicted octanol–water partition coefficient (Wildman–Crippen LogP) is 12.9. The van der Waals surface area contributed by atoms with Crippen LogP contribution >= 0.6 is 23.2 Å². The number of nitrogens with zero attached hydrogens (tertiary/aromatic N) is 7. The molecule has 18 nitrogen and oxygen atoms in total. The van der Waals surface area contributed by atoms with Gasteiger partial charge in [0.15, 0.2) is 23.2 Å². The van der Waals surface area contributed by atoms with E-state index in [0.717, 1.165) is 48.4 Å². The van der Waals surface area contributed by atoms with E-state index in [9.17, 15) is 33.2 Å². The van der Waals surface area contributed by atoms with E-state index in [1.165, 1.54) is 34.2 Å². The molecule has 2 fully saturated rings. The van der Waals surface area contributed by atoms with Gasteiger partial charge in [0.25, 0.3) is 0 Å². The van der Waals surface area contributed by atoms with Crippen molar-refractivity contribution in [3.05, 3.63) is 209 Å². The van der Waals surface area contributed by atoms with Crippen molar-refractivity contribution in [2.45, 2.75) is 71.1 Å². The van der Waals surface area contributed by atoms with Crippen molar-refractivity contribution < 1.29 is 42.7 Å². The Morgan fingerprint density at radius 3 is 1.61 bits per heavy atom. The van der Waals surface area contributed by atoms with Crippen LogP contribution in [0.1, 0.15) is 66.1 Å². The van der Waals surface area contributed by atoms with E-state index in [1.54, 1.807) is 122 Å². The molecule has 0 aliphatic heterocycles. The minimum absolute atomic E-state index is 0.00195. The van der Waals surface area contributed by atoms with Gasteiger partial charge >= 0.3 is 5.97 Å². The van der Waals surface area contributed by atoms with Gasteiger partial charge in [0, 0.05) is 99.2 Å². The van der Waals surface area contributed by atoms with E-state index < -0.39 is 17.7 Å². The summed E-state index contributed by atoms with van der Waals surface area (Å²) in [6, 6.07) is 42.3. The van der Waals surface area contributed by atoms with Crippen molar-refractivity contribution in [2.75, 3.05) is 29.0 Å². The molecule has 452 valence electrons. The van der Waals surface area contributed by atoms with Gasteiger partial charge in [0.05, 0.1) is 47.0 Å². The average Bonchev–Trinajstić information content (AvgIpc) is 1.82. The Kier molecular flexibility index (Phi) is 19.7. The number of amides is 2. The minimum Gasteiger partial charge on any atom is -0.480 e. The molecule has 0 saturated heterocycles. The lowest BCUT2D eigenvalue weighted by Crippen LogP contribution is -2.41. The highest BCUT2D eigenvalue weighted by molar-refractivity contribution is 6.33. The van der Waals surface area contributed by atoms with Crippen LogP contribution in [-0.2, 0) is 38.7 Å². The van der Waals surface area contributed by atoms with Crippen LogP contribution in [0.3, 0.4) is 0 Å². The molecule has 22 heteroatoms. The number of carboxylic acids is 1. The van der Waals surface area contributed by atoms with E-state index in [4.69, 9.17) is 28.3 Å². The third-order valence-corrected chi connectivity index (χ3v) is 15.2. The summed E-state index contributed by atoms with van der Waals surface area (Å²) in [6.45, 7) is 2.43. The molecule has 0 radical (unpaired) electrons. The van der Waals surface area contributed by atoms with Gasteiger partial charge in [-0.2, -0.15) is 10.2 Å². The summed E-state index contributed by atoms with van der Waals surface area (Å²) in [6.07, 6.45) is 10.6. The molecule has 0 spiro atoms. The maximum absolute atomic E-state index is 15.4. The van der Waals surface area contributed by atoms with E-state index in [0.29, 0.717) is 66.7 Å². The van der Waals surface area contributed by atoms with Crippen LogP contribution in [0.4, 0.5) is 37.2 Å². The first-order valence-corrected chi connectivity index (χ1v) is 29.2. The number of carbonyl (C=O) groups is 6. The monoisotopic (exact) mass is 1240 g/mol. The number of carboxylic acid groups (broad SMARTS) is 1. The first-order valence-electron chi connectivity index (χ1n) is 28.5. The van der Waals surface area contributed by atoms with Gasteiger partial charge in [-0.05, 0) is 110 Å². The van der Waals surface area contributed by atoms with Gasteiger partial charge < -0.3 is 31.3 Å². The molecule has 0 bridgehead atoms. The molecule has 2 aliphatic carbocycles. The molecule has 6 aromatic carbocycles. The highest BCUT2D eigenvalue weighted by atomic mass is 35.5. The van der Waals surface area contributed by atoms with Gasteiger partial charge in [-0.25, -0.2) is 8.78 Å². The molecule has 2 amide bonds. The second-order valence-electron chi connectivity index (χ2n) is 21.3. The number of hydrogen-bond acceptors (Lipinski definition) is 13. The Morgan fingerprint density at radius 1 is 0.596 bits per heavy atom. The number of ketones is 3. The number of aromatic nitrogens is 6. The van der Waals surface area contributed by atoms with Crippen LogP contribution in [-0.4, -0.2) is 99.8 Å². The van der Waals surface area contributed by atoms with Gasteiger partial charge in [0.2, 0.25) is 11.8 Å². The first kappa shape index (κ1) is 62.0. The molecule has 5 N–H and O–H groups in total. The molecule has 4 aromatic heterocycles. The fourth-order valence-electron chi connectivity index (χ4n) is 9.92. The van der Waals surface area contributed by atoms with Crippen molar-refractivity contribution in [1.82, 2.24) is 39.7 Å². The highest BCUT2D eigenvalue weighted by Crippen LogP contribution is 2.35. The molecule has 0 atom stereocenters. The third-order valence-electron chi connectivity index (χ3n) is 14.5. The fourth-order valence-corrected chi connectivity index (χ4v) is 10.4. The highest BCUT2D eigenvalue weighted by Gasteiger charge is 2.35. The number of nitrogens with one attached hydrogen (secondary N) is 4.